The van der Waals surface area contributed by atoms with Crippen LogP contribution in [-0.2, 0) is 6.42 Å². The molecule has 0 saturated carbocycles. The maximum absolute atomic E-state index is 5.85. The molecular weight excluding hydrogens is 292 g/mol. The third-order valence-electron chi connectivity index (χ3n) is 3.79. The first kappa shape index (κ1) is 17.2. The lowest BCUT2D eigenvalue weighted by atomic mass is 10.1. The number of hydrogen-bond donors (Lipinski definition) is 1. The van der Waals surface area contributed by atoms with Crippen molar-refractivity contribution >= 4 is 22.9 Å². The second-order valence-electron chi connectivity index (χ2n) is 5.57. The predicted octanol–water partition coefficient (Wildman–Crippen LogP) is 4.88. The predicted molar refractivity (Wildman–Crippen MR) is 97.8 cm³/mol. The number of rotatable bonds is 10. The summed E-state index contributed by atoms with van der Waals surface area (Å²) >= 11 is 1.50. The number of H-pyrrole nitrogens is 1. The number of hydrogen-bond acceptors (Lipinski definition) is 3. The molecule has 0 aliphatic heterocycles. The summed E-state index contributed by atoms with van der Waals surface area (Å²) in [5, 5.41) is 1.25. The van der Waals surface area contributed by atoms with E-state index in [-0.39, 0.29) is 0 Å². The number of fused-ring (bicyclic) bond motifs is 1. The maximum atomic E-state index is 5.85. The van der Waals surface area contributed by atoms with Gasteiger partial charge in [-0.05, 0) is 50.0 Å². The van der Waals surface area contributed by atoms with Crippen molar-refractivity contribution in [3.8, 4) is 5.75 Å². The van der Waals surface area contributed by atoms with Crippen LogP contribution in [-0.4, -0.2) is 35.3 Å². The van der Waals surface area contributed by atoms with Crippen LogP contribution in [0.4, 0.5) is 0 Å². The Morgan fingerprint density at radius 3 is 2.55 bits per heavy atom. The Kier molecular flexibility index (Phi) is 7.13. The first-order valence-corrected chi connectivity index (χ1v) is 9.32. The highest BCUT2D eigenvalue weighted by atomic mass is 32.2. The van der Waals surface area contributed by atoms with E-state index in [1.54, 1.807) is 0 Å². The van der Waals surface area contributed by atoms with E-state index < -0.39 is 0 Å². The van der Waals surface area contributed by atoms with Gasteiger partial charge in [0.1, 0.15) is 5.75 Å². The van der Waals surface area contributed by atoms with E-state index in [0.717, 1.165) is 24.5 Å². The molecule has 122 valence electrons. The lowest BCUT2D eigenvalue weighted by molar-refractivity contribution is 0.278. The van der Waals surface area contributed by atoms with Crippen LogP contribution in [0, 0.1) is 0 Å². The molecule has 22 heavy (non-hydrogen) atoms. The summed E-state index contributed by atoms with van der Waals surface area (Å²) in [6.07, 6.45) is 5.64. The molecular formula is C18H28N2OS. The van der Waals surface area contributed by atoms with Crippen LogP contribution in [0.5, 0.6) is 5.75 Å². The van der Waals surface area contributed by atoms with Crippen molar-refractivity contribution < 1.29 is 4.18 Å². The van der Waals surface area contributed by atoms with Crippen molar-refractivity contribution in [1.82, 2.24) is 9.88 Å². The molecule has 0 saturated heterocycles. The molecule has 0 aliphatic rings. The van der Waals surface area contributed by atoms with Gasteiger partial charge in [-0.15, -0.1) is 0 Å². The summed E-state index contributed by atoms with van der Waals surface area (Å²) in [6.45, 7) is 10.1. The smallest absolute Gasteiger partial charge is 0.146 e. The molecule has 0 unspecified atom stereocenters. The van der Waals surface area contributed by atoms with Gasteiger partial charge in [0.25, 0.3) is 0 Å². The van der Waals surface area contributed by atoms with Gasteiger partial charge in [0.15, 0.2) is 0 Å². The maximum Gasteiger partial charge on any atom is 0.146 e. The number of aromatic amines is 1. The van der Waals surface area contributed by atoms with Gasteiger partial charge in [0, 0.05) is 29.4 Å². The molecule has 1 aromatic carbocycles. The summed E-state index contributed by atoms with van der Waals surface area (Å²) in [5.41, 5.74) is 2.53. The second kappa shape index (κ2) is 9.11. The Morgan fingerprint density at radius 2 is 1.86 bits per heavy atom. The van der Waals surface area contributed by atoms with Gasteiger partial charge < -0.3 is 14.1 Å². The number of aromatic nitrogens is 1. The van der Waals surface area contributed by atoms with E-state index in [2.05, 4.69) is 55.1 Å². The van der Waals surface area contributed by atoms with Crippen LogP contribution >= 0.6 is 12.0 Å². The minimum absolute atomic E-state index is 0.955. The van der Waals surface area contributed by atoms with Crippen LogP contribution in [0.2, 0.25) is 0 Å². The quantitative estimate of drug-likeness (QED) is 0.632. The SMILES string of the molecule is CCCN(CCC)CCc1c[nH]c2cccc(OSCC)c12. The molecule has 1 heterocycles. The van der Waals surface area contributed by atoms with E-state index in [4.69, 9.17) is 4.18 Å². The van der Waals surface area contributed by atoms with Crippen molar-refractivity contribution in [3.05, 3.63) is 30.0 Å². The van der Waals surface area contributed by atoms with E-state index >= 15 is 0 Å². The molecule has 0 aliphatic carbocycles. The molecule has 3 nitrogen and oxygen atoms in total. The number of benzene rings is 1. The molecule has 0 spiro atoms. The topological polar surface area (TPSA) is 28.3 Å². The first-order valence-electron chi connectivity index (χ1n) is 8.40. The molecule has 1 aromatic heterocycles. The summed E-state index contributed by atoms with van der Waals surface area (Å²) < 4.78 is 5.85. The highest BCUT2D eigenvalue weighted by Gasteiger charge is 2.11. The first-order chi connectivity index (χ1) is 10.8. The average Bonchev–Trinajstić information content (AvgIpc) is 2.95. The summed E-state index contributed by atoms with van der Waals surface area (Å²) in [7, 11) is 0. The van der Waals surface area contributed by atoms with Crippen LogP contribution in [0.1, 0.15) is 39.2 Å². The highest BCUT2D eigenvalue weighted by molar-refractivity contribution is 7.94. The fourth-order valence-corrected chi connectivity index (χ4v) is 3.24. The molecule has 0 fully saturated rings. The summed E-state index contributed by atoms with van der Waals surface area (Å²) in [4.78, 5) is 5.94. The zero-order valence-electron chi connectivity index (χ0n) is 14.0. The van der Waals surface area contributed by atoms with Gasteiger partial charge in [0.2, 0.25) is 0 Å². The molecule has 4 heteroatoms. The Labute approximate surface area is 138 Å². The lowest BCUT2D eigenvalue weighted by Gasteiger charge is -2.20. The Morgan fingerprint density at radius 1 is 1.09 bits per heavy atom. The van der Waals surface area contributed by atoms with Gasteiger partial charge in [-0.1, -0.05) is 26.8 Å². The van der Waals surface area contributed by atoms with Gasteiger partial charge in [0.05, 0.1) is 12.0 Å². The van der Waals surface area contributed by atoms with Gasteiger partial charge >= 0.3 is 0 Å². The van der Waals surface area contributed by atoms with Crippen LogP contribution in [0.25, 0.3) is 10.9 Å². The van der Waals surface area contributed by atoms with E-state index in [1.165, 1.54) is 54.4 Å². The van der Waals surface area contributed by atoms with Crippen LogP contribution in [0.15, 0.2) is 24.4 Å². The normalized spacial score (nSPS) is 11.5. The Bertz CT molecular complexity index is 561. The standard InChI is InChI=1S/C18H28N2OS/c1-4-11-20(12-5-2)13-10-15-14-19-16-8-7-9-17(18(15)16)21-22-6-3/h7-9,14,19H,4-6,10-13H2,1-3H3. The van der Waals surface area contributed by atoms with E-state index in [9.17, 15) is 0 Å². The molecule has 0 bridgehead atoms. The lowest BCUT2D eigenvalue weighted by Crippen LogP contribution is -2.27. The molecule has 0 amide bonds. The second-order valence-corrected chi connectivity index (χ2v) is 6.55. The van der Waals surface area contributed by atoms with Crippen molar-refractivity contribution in [2.75, 3.05) is 25.4 Å². The van der Waals surface area contributed by atoms with Gasteiger partial charge in [-0.25, -0.2) is 0 Å². The minimum Gasteiger partial charge on any atom is -0.425 e. The van der Waals surface area contributed by atoms with Crippen molar-refractivity contribution in [1.29, 1.82) is 0 Å². The average molecular weight is 321 g/mol. The third-order valence-corrected chi connectivity index (χ3v) is 4.33. The summed E-state index contributed by atoms with van der Waals surface area (Å²) in [5.74, 6) is 1.94. The van der Waals surface area contributed by atoms with Crippen LogP contribution in [0.3, 0.4) is 0 Å². The number of nitrogens with zero attached hydrogens (tertiary/aromatic N) is 1. The molecule has 1 N–H and O–H groups in total. The van der Waals surface area contributed by atoms with Crippen LogP contribution < -0.4 is 4.18 Å². The van der Waals surface area contributed by atoms with Gasteiger partial charge in [-0.2, -0.15) is 0 Å². The fraction of sp³-hybridized carbons (Fsp3) is 0.556. The highest BCUT2D eigenvalue weighted by Crippen LogP contribution is 2.31. The van der Waals surface area contributed by atoms with Crippen molar-refractivity contribution in [2.45, 2.75) is 40.0 Å². The Hall–Kier alpha value is -1.13. The molecule has 2 rings (SSSR count). The Balaban J connectivity index is 2.13. The fourth-order valence-electron chi connectivity index (χ4n) is 2.86. The molecule has 0 atom stereocenters. The van der Waals surface area contributed by atoms with E-state index in [0.29, 0.717) is 0 Å². The number of nitrogens with one attached hydrogen (secondary N) is 1. The van der Waals surface area contributed by atoms with E-state index in [1.807, 2.05) is 0 Å². The summed E-state index contributed by atoms with van der Waals surface area (Å²) in [6, 6.07) is 6.24. The van der Waals surface area contributed by atoms with Crippen molar-refractivity contribution in [2.24, 2.45) is 0 Å². The third kappa shape index (κ3) is 4.43. The minimum atomic E-state index is 0.955. The largest absolute Gasteiger partial charge is 0.425 e. The molecule has 0 radical (unpaired) electrons. The van der Waals surface area contributed by atoms with Crippen molar-refractivity contribution in [3.63, 3.8) is 0 Å². The zero-order chi connectivity index (χ0) is 15.8. The monoisotopic (exact) mass is 320 g/mol. The zero-order valence-corrected chi connectivity index (χ0v) is 14.8. The van der Waals surface area contributed by atoms with Gasteiger partial charge in [-0.3, -0.25) is 0 Å². The molecule has 2 aromatic rings.